The van der Waals surface area contributed by atoms with Crippen LogP contribution in [0.3, 0.4) is 0 Å². The van der Waals surface area contributed by atoms with Crippen molar-refractivity contribution in [1.82, 2.24) is 14.4 Å². The van der Waals surface area contributed by atoms with E-state index in [1.54, 1.807) is 24.1 Å². The Morgan fingerprint density at radius 2 is 1.57 bits per heavy atom. The lowest BCUT2D eigenvalue weighted by molar-refractivity contribution is 0.0193. The van der Waals surface area contributed by atoms with Gasteiger partial charge in [-0.15, -0.1) is 0 Å². The molecule has 0 unspecified atom stereocenters. The van der Waals surface area contributed by atoms with Crippen LogP contribution < -0.4 is 14.4 Å². The van der Waals surface area contributed by atoms with Gasteiger partial charge in [-0.2, -0.15) is 0 Å². The standard InChI is InChI=1S/C50H51FN4O5/c1-34-38(15-10-16-48(34)58-4)30-54(41-18-20-43(21-19-41)60-33-36-11-6-5-7-12-36)50(57)45-29-47(52(3)35(45)2)46-28-40(51)17-22-44(46)49(56)55-31-39-14-9-8-13-37(39)27-42(55)32-53-23-25-59-26-24-53/h5-22,28-29,42H,23-27,30-33H2,1-4H3/t42-/m0/s1. The number of halogens is 1. The van der Waals surface area contributed by atoms with Gasteiger partial charge in [0.25, 0.3) is 11.8 Å². The Labute approximate surface area is 351 Å². The molecule has 60 heavy (non-hydrogen) atoms. The van der Waals surface area contributed by atoms with Crippen LogP contribution in [-0.2, 0) is 37.9 Å². The number of benzene rings is 5. The molecule has 0 N–H and O–H groups in total. The van der Waals surface area contributed by atoms with Crippen molar-refractivity contribution in [2.75, 3.05) is 44.9 Å². The zero-order chi connectivity index (χ0) is 41.8. The van der Waals surface area contributed by atoms with Gasteiger partial charge in [0.15, 0.2) is 0 Å². The zero-order valence-electron chi connectivity index (χ0n) is 34.7. The quantitative estimate of drug-likeness (QED) is 0.123. The minimum atomic E-state index is -0.466. The average molecular weight is 807 g/mol. The molecule has 1 aromatic heterocycles. The van der Waals surface area contributed by atoms with E-state index in [1.165, 1.54) is 17.7 Å². The number of morpholine rings is 1. The number of nitrogens with zero attached hydrogens (tertiary/aromatic N) is 4. The summed E-state index contributed by atoms with van der Waals surface area (Å²) in [6, 6.07) is 37.6. The van der Waals surface area contributed by atoms with Crippen LogP contribution >= 0.6 is 0 Å². The van der Waals surface area contributed by atoms with Crippen molar-refractivity contribution < 1.29 is 28.2 Å². The van der Waals surface area contributed by atoms with Crippen LogP contribution in [0.5, 0.6) is 11.5 Å². The molecular weight excluding hydrogens is 756 g/mol. The van der Waals surface area contributed by atoms with Crippen LogP contribution in [0.25, 0.3) is 11.3 Å². The number of ether oxygens (including phenoxy) is 3. The lowest BCUT2D eigenvalue weighted by Crippen LogP contribution is -2.52. The first-order valence-electron chi connectivity index (χ1n) is 20.5. The van der Waals surface area contributed by atoms with Gasteiger partial charge in [-0.3, -0.25) is 14.5 Å². The van der Waals surface area contributed by atoms with Gasteiger partial charge in [0.05, 0.1) is 32.4 Å². The molecule has 10 heteroatoms. The molecule has 1 atom stereocenters. The molecule has 0 radical (unpaired) electrons. The third-order valence-corrected chi connectivity index (χ3v) is 12.0. The Hall–Kier alpha value is -6.23. The summed E-state index contributed by atoms with van der Waals surface area (Å²) in [7, 11) is 3.49. The number of amides is 2. The van der Waals surface area contributed by atoms with Crippen LogP contribution in [0.15, 0.2) is 121 Å². The van der Waals surface area contributed by atoms with E-state index in [0.717, 1.165) is 47.5 Å². The Bertz CT molecular complexity index is 2480. The molecule has 308 valence electrons. The van der Waals surface area contributed by atoms with E-state index in [2.05, 4.69) is 17.0 Å². The number of anilines is 1. The summed E-state index contributed by atoms with van der Waals surface area (Å²) in [4.78, 5) is 35.9. The van der Waals surface area contributed by atoms with Crippen LogP contribution in [0.2, 0.25) is 0 Å². The second kappa shape index (κ2) is 17.9. The Morgan fingerprint density at radius 1 is 0.833 bits per heavy atom. The molecule has 9 nitrogen and oxygen atoms in total. The van der Waals surface area contributed by atoms with Crippen molar-refractivity contribution in [3.8, 4) is 22.8 Å². The van der Waals surface area contributed by atoms with Gasteiger partial charge in [0.2, 0.25) is 0 Å². The van der Waals surface area contributed by atoms with Gasteiger partial charge in [0, 0.05) is 67.5 Å². The highest BCUT2D eigenvalue weighted by molar-refractivity contribution is 6.08. The normalized spacial score (nSPS) is 15.3. The summed E-state index contributed by atoms with van der Waals surface area (Å²) in [5.74, 6) is 0.534. The first kappa shape index (κ1) is 40.5. The molecule has 0 aliphatic carbocycles. The number of hydrogen-bond donors (Lipinski definition) is 0. The number of fused-ring (bicyclic) bond motifs is 1. The topological polar surface area (TPSA) is 76.5 Å². The lowest BCUT2D eigenvalue weighted by atomic mass is 9.92. The molecule has 1 saturated heterocycles. The SMILES string of the molecule is COc1cccc(CN(C(=O)c2cc(-c3cc(F)ccc3C(=O)N3Cc4ccccc4C[C@H]3CN3CCOCC3)n(C)c2C)c2ccc(OCc3ccccc3)cc2)c1C. The molecule has 0 spiro atoms. The minimum absolute atomic E-state index is 0.0838. The molecule has 2 aliphatic heterocycles. The third-order valence-electron chi connectivity index (χ3n) is 12.0. The smallest absolute Gasteiger partial charge is 0.260 e. The van der Waals surface area contributed by atoms with E-state index in [9.17, 15) is 9.59 Å². The molecular formula is C50H51FN4O5. The third kappa shape index (κ3) is 8.57. The highest BCUT2D eigenvalue weighted by Crippen LogP contribution is 2.35. The number of methoxy groups -OCH3 is 1. The van der Waals surface area contributed by atoms with Crippen LogP contribution in [0.4, 0.5) is 10.1 Å². The molecule has 0 bridgehead atoms. The fourth-order valence-electron chi connectivity index (χ4n) is 8.43. The van der Waals surface area contributed by atoms with Crippen molar-refractivity contribution in [3.63, 3.8) is 0 Å². The lowest BCUT2D eigenvalue weighted by Gasteiger charge is -2.40. The van der Waals surface area contributed by atoms with Crippen molar-refractivity contribution in [2.45, 2.75) is 46.0 Å². The summed E-state index contributed by atoms with van der Waals surface area (Å²) >= 11 is 0. The maximum atomic E-state index is 15.3. The number of rotatable bonds is 12. The maximum absolute atomic E-state index is 15.3. The van der Waals surface area contributed by atoms with Crippen LogP contribution in [0.1, 0.15) is 54.2 Å². The van der Waals surface area contributed by atoms with Gasteiger partial charge in [-0.1, -0.05) is 66.7 Å². The van der Waals surface area contributed by atoms with E-state index in [4.69, 9.17) is 14.2 Å². The van der Waals surface area contributed by atoms with Crippen molar-refractivity contribution in [3.05, 3.63) is 172 Å². The fourth-order valence-corrected chi connectivity index (χ4v) is 8.43. The summed E-state index contributed by atoms with van der Waals surface area (Å²) < 4.78 is 34.6. The Morgan fingerprint density at radius 3 is 2.32 bits per heavy atom. The van der Waals surface area contributed by atoms with Crippen LogP contribution in [0, 0.1) is 19.7 Å². The highest BCUT2D eigenvalue weighted by atomic mass is 19.1. The van der Waals surface area contributed by atoms with E-state index in [1.807, 2.05) is 115 Å². The van der Waals surface area contributed by atoms with E-state index in [0.29, 0.717) is 72.4 Å². The summed E-state index contributed by atoms with van der Waals surface area (Å²) in [5.41, 5.74) is 8.46. The molecule has 3 heterocycles. The number of hydrogen-bond acceptors (Lipinski definition) is 6. The predicted octanol–water partition coefficient (Wildman–Crippen LogP) is 8.78. The largest absolute Gasteiger partial charge is 0.496 e. The zero-order valence-corrected chi connectivity index (χ0v) is 34.7. The molecule has 0 saturated carbocycles. The molecule has 6 aromatic rings. The van der Waals surface area contributed by atoms with Gasteiger partial charge in [-0.05, 0) is 103 Å². The number of carbonyl (C=O) groups is 2. The Kier molecular flexibility index (Phi) is 12.1. The summed E-state index contributed by atoms with van der Waals surface area (Å²) in [6.45, 7) is 8.66. The molecule has 8 rings (SSSR count). The van der Waals surface area contributed by atoms with Gasteiger partial charge in [0.1, 0.15) is 23.9 Å². The van der Waals surface area contributed by atoms with Gasteiger partial charge >= 0.3 is 0 Å². The van der Waals surface area contributed by atoms with Crippen molar-refractivity contribution in [1.29, 1.82) is 0 Å². The summed E-state index contributed by atoms with van der Waals surface area (Å²) in [5, 5.41) is 0. The van der Waals surface area contributed by atoms with Gasteiger partial charge < -0.3 is 28.6 Å². The molecule has 5 aromatic carbocycles. The first-order valence-corrected chi connectivity index (χ1v) is 20.5. The van der Waals surface area contributed by atoms with Crippen molar-refractivity contribution in [2.24, 2.45) is 7.05 Å². The highest BCUT2D eigenvalue weighted by Gasteiger charge is 2.34. The predicted molar refractivity (Wildman–Crippen MR) is 232 cm³/mol. The first-order chi connectivity index (χ1) is 29.2. The molecule has 2 amide bonds. The maximum Gasteiger partial charge on any atom is 0.260 e. The Balaban J connectivity index is 1.13. The number of carbonyl (C=O) groups excluding carboxylic acids is 2. The van der Waals surface area contributed by atoms with Crippen LogP contribution in [-0.4, -0.2) is 72.2 Å². The van der Waals surface area contributed by atoms with E-state index >= 15 is 4.39 Å². The second-order valence-corrected chi connectivity index (χ2v) is 15.7. The minimum Gasteiger partial charge on any atom is -0.496 e. The summed E-state index contributed by atoms with van der Waals surface area (Å²) in [6.07, 6.45) is 0.723. The van der Waals surface area contributed by atoms with E-state index in [-0.39, 0.29) is 24.4 Å². The van der Waals surface area contributed by atoms with Crippen molar-refractivity contribution >= 4 is 17.5 Å². The fraction of sp³-hybridized carbons (Fsp3) is 0.280. The van der Waals surface area contributed by atoms with Gasteiger partial charge in [-0.25, -0.2) is 4.39 Å². The average Bonchev–Trinajstić information content (AvgIpc) is 3.58. The monoisotopic (exact) mass is 806 g/mol. The molecule has 1 fully saturated rings. The number of aromatic nitrogens is 1. The molecule has 2 aliphatic rings. The second-order valence-electron chi connectivity index (χ2n) is 15.7. The van der Waals surface area contributed by atoms with E-state index < -0.39 is 5.82 Å².